The van der Waals surface area contributed by atoms with Crippen LogP contribution in [0.15, 0.2) is 24.3 Å². The van der Waals surface area contributed by atoms with Crippen molar-refractivity contribution in [1.82, 2.24) is 0 Å². The first kappa shape index (κ1) is 16.2. The molecule has 1 fully saturated rings. The Kier molecular flexibility index (Phi) is 5.51. The summed E-state index contributed by atoms with van der Waals surface area (Å²) in [5.41, 5.74) is 0.816. The molecule has 1 saturated heterocycles. The molecule has 0 bridgehead atoms. The summed E-state index contributed by atoms with van der Waals surface area (Å²) in [5, 5.41) is 38.4. The molecule has 1 aliphatic rings. The van der Waals surface area contributed by atoms with Gasteiger partial charge in [0.25, 0.3) is 0 Å². The van der Waals surface area contributed by atoms with Gasteiger partial charge in [0.05, 0.1) is 20.3 Å². The van der Waals surface area contributed by atoms with E-state index in [0.29, 0.717) is 5.75 Å². The van der Waals surface area contributed by atoms with Gasteiger partial charge < -0.3 is 34.6 Å². The molecule has 1 heterocycles. The summed E-state index contributed by atoms with van der Waals surface area (Å²) < 4.78 is 15.4. The first-order chi connectivity index (χ1) is 10.1. The molecule has 0 aliphatic carbocycles. The highest BCUT2D eigenvalue weighted by atomic mass is 16.6. The Morgan fingerprint density at radius 3 is 2.33 bits per heavy atom. The maximum Gasteiger partial charge on any atom is 0.184 e. The molecule has 21 heavy (non-hydrogen) atoms. The molecule has 0 saturated carbocycles. The van der Waals surface area contributed by atoms with Gasteiger partial charge in [-0.25, -0.2) is 0 Å². The fourth-order valence-corrected chi connectivity index (χ4v) is 2.18. The van der Waals surface area contributed by atoms with Gasteiger partial charge in [-0.05, 0) is 17.7 Å². The third-order valence-electron chi connectivity index (χ3n) is 3.44. The van der Waals surface area contributed by atoms with Crippen molar-refractivity contribution < 1.29 is 34.6 Å². The molecule has 0 aromatic heterocycles. The van der Waals surface area contributed by atoms with E-state index in [-0.39, 0.29) is 6.61 Å². The van der Waals surface area contributed by atoms with E-state index in [2.05, 4.69) is 0 Å². The first-order valence-electron chi connectivity index (χ1n) is 6.62. The van der Waals surface area contributed by atoms with E-state index in [1.807, 2.05) is 0 Å². The Morgan fingerprint density at radius 1 is 1.10 bits per heavy atom. The topological polar surface area (TPSA) is 109 Å². The number of aliphatic hydroxyl groups is 4. The molecule has 5 atom stereocenters. The SMILES string of the molecule is COc1ccc(CO[C@@H]2[C@@H](O)[C@@H](O)O[C@H](CO)[C@H]2O)cc1. The number of aliphatic hydroxyl groups excluding tert-OH is 4. The summed E-state index contributed by atoms with van der Waals surface area (Å²) in [6, 6.07) is 7.11. The average Bonchev–Trinajstić information content (AvgIpc) is 2.51. The number of rotatable bonds is 5. The van der Waals surface area contributed by atoms with Gasteiger partial charge in [-0.2, -0.15) is 0 Å². The highest BCUT2D eigenvalue weighted by molar-refractivity contribution is 5.26. The average molecular weight is 300 g/mol. The van der Waals surface area contributed by atoms with Crippen LogP contribution in [0.25, 0.3) is 0 Å². The standard InChI is InChI=1S/C14H20O7/c1-19-9-4-2-8(3-5-9)7-20-13-11(16)10(6-15)21-14(18)12(13)17/h2-5,10-18H,6-7H2,1H3/t10-,11-,12-,13+,14+/m1/s1. The summed E-state index contributed by atoms with van der Waals surface area (Å²) in [6.45, 7) is -0.346. The minimum absolute atomic E-state index is 0.133. The smallest absolute Gasteiger partial charge is 0.184 e. The van der Waals surface area contributed by atoms with Crippen molar-refractivity contribution >= 4 is 0 Å². The Labute approximate surface area is 122 Å². The fraction of sp³-hybridized carbons (Fsp3) is 0.571. The van der Waals surface area contributed by atoms with E-state index in [0.717, 1.165) is 5.56 Å². The molecule has 4 N–H and O–H groups in total. The summed E-state index contributed by atoms with van der Waals surface area (Å²) in [7, 11) is 1.57. The second-order valence-corrected chi connectivity index (χ2v) is 4.85. The van der Waals surface area contributed by atoms with Crippen molar-refractivity contribution in [2.45, 2.75) is 37.3 Å². The molecule has 7 nitrogen and oxygen atoms in total. The number of ether oxygens (including phenoxy) is 3. The number of methoxy groups -OCH3 is 1. The fourth-order valence-electron chi connectivity index (χ4n) is 2.18. The Bertz CT molecular complexity index is 435. The largest absolute Gasteiger partial charge is 0.497 e. The second kappa shape index (κ2) is 7.17. The predicted molar refractivity (Wildman–Crippen MR) is 71.6 cm³/mol. The van der Waals surface area contributed by atoms with E-state index in [1.165, 1.54) is 0 Å². The lowest BCUT2D eigenvalue weighted by molar-refractivity contribution is -0.296. The molecule has 0 amide bonds. The van der Waals surface area contributed by atoms with Crippen LogP contribution in [0.4, 0.5) is 0 Å². The van der Waals surface area contributed by atoms with Crippen molar-refractivity contribution in [1.29, 1.82) is 0 Å². The molecule has 118 valence electrons. The predicted octanol–water partition coefficient (Wildman–Crippen LogP) is -0.988. The lowest BCUT2D eigenvalue weighted by Crippen LogP contribution is -2.59. The highest BCUT2D eigenvalue weighted by Gasteiger charge is 2.44. The molecule has 1 aliphatic heterocycles. The van der Waals surface area contributed by atoms with Crippen LogP contribution in [0.2, 0.25) is 0 Å². The zero-order chi connectivity index (χ0) is 15.4. The molecule has 1 aromatic carbocycles. The zero-order valence-corrected chi connectivity index (χ0v) is 11.6. The van der Waals surface area contributed by atoms with Gasteiger partial charge in [0.15, 0.2) is 6.29 Å². The van der Waals surface area contributed by atoms with Gasteiger partial charge in [-0.15, -0.1) is 0 Å². The number of benzene rings is 1. The Morgan fingerprint density at radius 2 is 1.76 bits per heavy atom. The molecule has 0 radical (unpaired) electrons. The third kappa shape index (κ3) is 3.70. The van der Waals surface area contributed by atoms with Crippen LogP contribution in [-0.4, -0.2) is 64.8 Å². The molecular formula is C14H20O7. The van der Waals surface area contributed by atoms with Crippen LogP contribution in [0.3, 0.4) is 0 Å². The van der Waals surface area contributed by atoms with Crippen LogP contribution in [0.5, 0.6) is 5.75 Å². The molecule has 7 heteroatoms. The normalized spacial score (nSPS) is 32.9. The summed E-state index contributed by atoms with van der Waals surface area (Å²) in [5.74, 6) is 0.709. The lowest BCUT2D eigenvalue weighted by Gasteiger charge is -2.39. The van der Waals surface area contributed by atoms with E-state index in [4.69, 9.17) is 19.3 Å². The molecule has 2 rings (SSSR count). The molecular weight excluding hydrogens is 280 g/mol. The Balaban J connectivity index is 1.98. The van der Waals surface area contributed by atoms with E-state index >= 15 is 0 Å². The lowest BCUT2D eigenvalue weighted by atomic mass is 9.99. The van der Waals surface area contributed by atoms with Crippen molar-refractivity contribution in [2.75, 3.05) is 13.7 Å². The van der Waals surface area contributed by atoms with Gasteiger partial charge in [0, 0.05) is 0 Å². The monoisotopic (exact) mass is 300 g/mol. The van der Waals surface area contributed by atoms with Crippen molar-refractivity contribution in [3.05, 3.63) is 29.8 Å². The summed E-state index contributed by atoms with van der Waals surface area (Å²) in [6.07, 6.45) is -6.17. The van der Waals surface area contributed by atoms with Gasteiger partial charge >= 0.3 is 0 Å². The van der Waals surface area contributed by atoms with Crippen molar-refractivity contribution in [2.24, 2.45) is 0 Å². The maximum absolute atomic E-state index is 9.98. The van der Waals surface area contributed by atoms with Crippen LogP contribution >= 0.6 is 0 Å². The van der Waals surface area contributed by atoms with E-state index in [9.17, 15) is 15.3 Å². The molecule has 0 unspecified atom stereocenters. The van der Waals surface area contributed by atoms with Crippen LogP contribution in [-0.2, 0) is 16.1 Å². The first-order valence-corrected chi connectivity index (χ1v) is 6.62. The summed E-state index contributed by atoms with van der Waals surface area (Å²) >= 11 is 0. The van der Waals surface area contributed by atoms with Crippen molar-refractivity contribution in [3.63, 3.8) is 0 Å². The number of hydrogen-bond acceptors (Lipinski definition) is 7. The maximum atomic E-state index is 9.98. The van der Waals surface area contributed by atoms with E-state index < -0.39 is 37.3 Å². The summed E-state index contributed by atoms with van der Waals surface area (Å²) in [4.78, 5) is 0. The molecule has 1 aromatic rings. The highest BCUT2D eigenvalue weighted by Crippen LogP contribution is 2.23. The third-order valence-corrected chi connectivity index (χ3v) is 3.44. The quantitative estimate of drug-likeness (QED) is 0.553. The minimum atomic E-state index is -1.51. The van der Waals surface area contributed by atoms with Gasteiger partial charge in [-0.3, -0.25) is 0 Å². The van der Waals surface area contributed by atoms with Gasteiger partial charge in [0.2, 0.25) is 0 Å². The van der Waals surface area contributed by atoms with Gasteiger partial charge in [-0.1, -0.05) is 12.1 Å². The number of hydrogen-bond donors (Lipinski definition) is 4. The second-order valence-electron chi connectivity index (χ2n) is 4.85. The molecule has 0 spiro atoms. The van der Waals surface area contributed by atoms with E-state index in [1.54, 1.807) is 31.4 Å². The van der Waals surface area contributed by atoms with Crippen LogP contribution < -0.4 is 4.74 Å². The van der Waals surface area contributed by atoms with Crippen molar-refractivity contribution in [3.8, 4) is 5.75 Å². The zero-order valence-electron chi connectivity index (χ0n) is 11.6. The van der Waals surface area contributed by atoms with Gasteiger partial charge in [0.1, 0.15) is 30.2 Å². The van der Waals surface area contributed by atoms with Crippen LogP contribution in [0, 0.1) is 0 Å². The minimum Gasteiger partial charge on any atom is -0.497 e. The Hall–Kier alpha value is -1.22. The van der Waals surface area contributed by atoms with Crippen LogP contribution in [0.1, 0.15) is 5.56 Å².